The van der Waals surface area contributed by atoms with Gasteiger partial charge in [0, 0.05) is 40.0 Å². The Morgan fingerprint density at radius 3 is 0.843 bits per heavy atom. The van der Waals surface area contributed by atoms with Gasteiger partial charge in [0.25, 0.3) is 0 Å². The molecule has 0 spiro atoms. The van der Waals surface area contributed by atoms with Gasteiger partial charge in [0.05, 0.1) is 64.9 Å². The van der Waals surface area contributed by atoms with Crippen LogP contribution < -0.4 is 0 Å². The standard InChI is InChI=1S/2C26H28Cl2O6.CH4O/c2*1-15-20(25(30)33-4)11-17(13-22(15)27)19(9-7-6-8-10-24(29)32-3)18-12-21(26(31)34-5)16(2)23(28)14-18;1-2/h2*9,11-14H,6-8,10H2,1-5H3;2H,1H3/p+1. The Labute approximate surface area is 431 Å². The van der Waals surface area contributed by atoms with Crippen LogP contribution in [0.1, 0.15) is 139 Å². The molecule has 0 heterocycles. The van der Waals surface area contributed by atoms with Crippen LogP contribution in [0.2, 0.25) is 20.1 Å². The Hall–Kier alpha value is -5.70. The summed E-state index contributed by atoms with van der Waals surface area (Å²) in [7, 11) is 8.96. The highest BCUT2D eigenvalue weighted by atomic mass is 35.5. The predicted octanol–water partition coefficient (Wildman–Crippen LogP) is 12.4. The van der Waals surface area contributed by atoms with Gasteiger partial charge in [0.1, 0.15) is 0 Å². The third-order valence-electron chi connectivity index (χ3n) is 11.1. The summed E-state index contributed by atoms with van der Waals surface area (Å²) in [5.74, 6) is -2.53. The SMILES string of the molecule is CO.COC(=O)CCCCC=C(c1cc(Cl)c(C)c(C(=O)OC)c1)c1cc(Cl)c(C)c(C(=O)OC)c1.COC(=O)CCCCC=C(c1cc(Cl)c(C)c(C(=O)OC)c1)c1cc(Cl)c(C)c(C(=O)OC)c1.[H+]. The molecular weight excluding hydrogens is 986 g/mol. The molecule has 70 heavy (non-hydrogen) atoms. The predicted molar refractivity (Wildman–Crippen MR) is 274 cm³/mol. The van der Waals surface area contributed by atoms with Gasteiger partial charge < -0.3 is 33.5 Å². The number of benzene rings is 4. The van der Waals surface area contributed by atoms with Crippen molar-refractivity contribution in [3.8, 4) is 0 Å². The Balaban J connectivity index is 0.000000677. The lowest BCUT2D eigenvalue weighted by Gasteiger charge is -2.16. The van der Waals surface area contributed by atoms with Gasteiger partial charge in [-0.05, 0) is 170 Å². The maximum absolute atomic E-state index is 12.3. The second-order valence-electron chi connectivity index (χ2n) is 15.4. The number of carbonyl (C=O) groups is 6. The molecule has 13 nitrogen and oxygen atoms in total. The van der Waals surface area contributed by atoms with Crippen LogP contribution in [-0.4, -0.2) is 90.7 Å². The van der Waals surface area contributed by atoms with Gasteiger partial charge in [-0.15, -0.1) is 0 Å². The van der Waals surface area contributed by atoms with Crippen LogP contribution in [0.3, 0.4) is 0 Å². The molecule has 0 aromatic heterocycles. The summed E-state index contributed by atoms with van der Waals surface area (Å²) in [6, 6.07) is 13.9. The van der Waals surface area contributed by atoms with E-state index in [0.29, 0.717) is 125 Å². The molecule has 0 saturated heterocycles. The first kappa shape index (κ1) is 60.4. The van der Waals surface area contributed by atoms with E-state index in [2.05, 4.69) is 9.47 Å². The highest BCUT2D eigenvalue weighted by Gasteiger charge is 2.22. The van der Waals surface area contributed by atoms with Crippen LogP contribution >= 0.6 is 46.4 Å². The molecule has 1 N–H and O–H groups in total. The highest BCUT2D eigenvalue weighted by molar-refractivity contribution is 6.33. The fourth-order valence-corrected chi connectivity index (χ4v) is 7.83. The van der Waals surface area contributed by atoms with Gasteiger partial charge in [-0.3, -0.25) is 9.59 Å². The molecule has 378 valence electrons. The average Bonchev–Trinajstić information content (AvgIpc) is 3.36. The normalized spacial score (nSPS) is 10.2. The van der Waals surface area contributed by atoms with E-state index in [-0.39, 0.29) is 13.4 Å². The number of aliphatic hydroxyl groups is 1. The van der Waals surface area contributed by atoms with Crippen LogP contribution in [0.15, 0.2) is 60.7 Å². The summed E-state index contributed by atoms with van der Waals surface area (Å²) < 4.78 is 29.0. The Kier molecular flexibility index (Phi) is 26.0. The van der Waals surface area contributed by atoms with Gasteiger partial charge in [0.2, 0.25) is 0 Å². The zero-order valence-corrected chi connectivity index (χ0v) is 44.3. The molecule has 4 aromatic carbocycles. The Morgan fingerprint density at radius 1 is 0.414 bits per heavy atom. The van der Waals surface area contributed by atoms with E-state index in [0.717, 1.165) is 31.1 Å². The molecule has 0 saturated carbocycles. The van der Waals surface area contributed by atoms with Crippen LogP contribution in [-0.2, 0) is 38.0 Å². The van der Waals surface area contributed by atoms with E-state index in [1.54, 1.807) is 76.2 Å². The van der Waals surface area contributed by atoms with E-state index in [4.69, 9.17) is 70.5 Å². The summed E-state index contributed by atoms with van der Waals surface area (Å²) in [5.41, 5.74) is 7.91. The molecule has 0 amide bonds. The lowest BCUT2D eigenvalue weighted by Crippen LogP contribution is -2.07. The summed E-state index contributed by atoms with van der Waals surface area (Å²) in [6.07, 6.45) is 8.62. The number of esters is 6. The summed E-state index contributed by atoms with van der Waals surface area (Å²) in [4.78, 5) is 72.2. The number of aliphatic hydroxyl groups excluding tert-OH is 1. The number of rotatable bonds is 18. The summed E-state index contributed by atoms with van der Waals surface area (Å²) >= 11 is 25.8. The monoisotopic (exact) mass is 1050 g/mol. The molecule has 0 aliphatic heterocycles. The number of carbonyl (C=O) groups excluding carboxylic acids is 6. The fraction of sp³-hybridized carbons (Fsp3) is 0.358. The van der Waals surface area contributed by atoms with E-state index in [9.17, 15) is 28.8 Å². The van der Waals surface area contributed by atoms with Crippen molar-refractivity contribution in [2.24, 2.45) is 0 Å². The van der Waals surface area contributed by atoms with Gasteiger partial charge in [-0.25, -0.2) is 19.2 Å². The summed E-state index contributed by atoms with van der Waals surface area (Å²) in [5, 5.41) is 8.61. The third kappa shape index (κ3) is 16.7. The number of hydrogen-bond acceptors (Lipinski definition) is 13. The van der Waals surface area contributed by atoms with Crippen molar-refractivity contribution in [3.05, 3.63) is 148 Å². The maximum atomic E-state index is 12.3. The van der Waals surface area contributed by atoms with Crippen molar-refractivity contribution >= 4 is 93.4 Å². The van der Waals surface area contributed by atoms with Gasteiger partial charge >= 0.3 is 37.2 Å². The largest absolute Gasteiger partial charge is 1.00 e. The smallest absolute Gasteiger partial charge is 0.469 e. The second kappa shape index (κ2) is 30.1. The van der Waals surface area contributed by atoms with Crippen molar-refractivity contribution in [2.45, 2.75) is 79.1 Å². The number of methoxy groups -OCH3 is 6. The number of allylic oxidation sites excluding steroid dienone is 2. The van der Waals surface area contributed by atoms with Crippen LogP contribution in [0, 0.1) is 27.7 Å². The minimum absolute atomic E-state index is 0. The molecule has 0 unspecified atom stereocenters. The van der Waals surface area contributed by atoms with E-state index in [1.165, 1.54) is 42.7 Å². The Bertz CT molecular complexity index is 2280. The molecule has 0 bridgehead atoms. The number of ether oxygens (including phenoxy) is 6. The van der Waals surface area contributed by atoms with Crippen molar-refractivity contribution in [1.29, 1.82) is 0 Å². The lowest BCUT2D eigenvalue weighted by molar-refractivity contribution is -0.141. The topological polar surface area (TPSA) is 178 Å². The third-order valence-corrected chi connectivity index (χ3v) is 12.6. The van der Waals surface area contributed by atoms with E-state index < -0.39 is 23.9 Å². The highest BCUT2D eigenvalue weighted by Crippen LogP contribution is 2.36. The van der Waals surface area contributed by atoms with Crippen molar-refractivity contribution in [2.75, 3.05) is 49.8 Å². The number of hydrogen-bond donors (Lipinski definition) is 1. The first-order chi connectivity index (χ1) is 33.3. The van der Waals surface area contributed by atoms with Crippen molar-refractivity contribution < 1.29 is 63.7 Å². The number of halogens is 4. The minimum Gasteiger partial charge on any atom is -0.469 e. The van der Waals surface area contributed by atoms with Crippen LogP contribution in [0.4, 0.5) is 0 Å². The van der Waals surface area contributed by atoms with Crippen LogP contribution in [0.5, 0.6) is 0 Å². The van der Waals surface area contributed by atoms with Crippen LogP contribution in [0.25, 0.3) is 11.1 Å². The molecule has 0 aliphatic rings. The van der Waals surface area contributed by atoms with Gasteiger partial charge in [0.15, 0.2) is 0 Å². The summed E-state index contributed by atoms with van der Waals surface area (Å²) in [6.45, 7) is 6.97. The second-order valence-corrected chi connectivity index (χ2v) is 17.0. The van der Waals surface area contributed by atoms with Crippen molar-refractivity contribution in [3.63, 3.8) is 0 Å². The molecule has 0 radical (unpaired) electrons. The zero-order valence-electron chi connectivity index (χ0n) is 42.3. The lowest BCUT2D eigenvalue weighted by atomic mass is 9.91. The van der Waals surface area contributed by atoms with E-state index >= 15 is 0 Å². The quantitative estimate of drug-likeness (QED) is 0.0566. The molecule has 4 rings (SSSR count). The maximum Gasteiger partial charge on any atom is 1.00 e. The van der Waals surface area contributed by atoms with Gasteiger partial charge in [-0.1, -0.05) is 58.6 Å². The molecular formula is C53H61Cl4O13+. The minimum atomic E-state index is -0.504. The number of unbranched alkanes of at least 4 members (excludes halogenated alkanes) is 4. The van der Waals surface area contributed by atoms with Crippen molar-refractivity contribution in [1.82, 2.24) is 0 Å². The first-order valence-corrected chi connectivity index (χ1v) is 23.3. The Morgan fingerprint density at radius 2 is 0.643 bits per heavy atom. The molecule has 17 heteroatoms. The zero-order chi connectivity index (χ0) is 52.8. The average molecular weight is 1050 g/mol. The van der Waals surface area contributed by atoms with Gasteiger partial charge in [-0.2, -0.15) is 0 Å². The van der Waals surface area contributed by atoms with E-state index in [1.807, 2.05) is 12.2 Å². The molecule has 0 atom stereocenters. The fourth-order valence-electron chi connectivity index (χ4n) is 6.95. The molecule has 4 aromatic rings. The molecule has 0 aliphatic carbocycles. The molecule has 0 fully saturated rings. The first-order valence-electron chi connectivity index (χ1n) is 21.8.